The van der Waals surface area contributed by atoms with Crippen molar-refractivity contribution in [3.63, 3.8) is 0 Å². The van der Waals surface area contributed by atoms with E-state index in [2.05, 4.69) is 29.5 Å². The maximum atomic E-state index is 10.6. The minimum Gasteiger partial charge on any atom is -0.385 e. The van der Waals surface area contributed by atoms with Crippen LogP contribution in [0.3, 0.4) is 0 Å². The third-order valence-corrected chi connectivity index (χ3v) is 4.49. The zero-order valence-corrected chi connectivity index (χ0v) is 13.6. The van der Waals surface area contributed by atoms with Crippen molar-refractivity contribution in [3.8, 4) is 0 Å². The van der Waals surface area contributed by atoms with Crippen LogP contribution in [0.2, 0.25) is 0 Å². The van der Waals surface area contributed by atoms with E-state index < -0.39 is 5.60 Å². The van der Waals surface area contributed by atoms with Crippen LogP contribution >= 0.6 is 12.1 Å². The molecule has 0 radical (unpaired) electrons. The molecule has 1 saturated carbocycles. The molecule has 0 bridgehead atoms. The summed E-state index contributed by atoms with van der Waals surface area (Å²) in [4.78, 5) is 0. The maximum Gasteiger partial charge on any atom is 0.0891 e. The van der Waals surface area contributed by atoms with Crippen molar-refractivity contribution in [3.05, 3.63) is 36.5 Å². The second-order valence-electron chi connectivity index (χ2n) is 5.68. The van der Waals surface area contributed by atoms with Crippen LogP contribution in [0.4, 0.5) is 0 Å². The van der Waals surface area contributed by atoms with Gasteiger partial charge in [0, 0.05) is 18.7 Å². The van der Waals surface area contributed by atoms with Gasteiger partial charge in [0.15, 0.2) is 0 Å². The Kier molecular flexibility index (Phi) is 7.59. The molecule has 0 aromatic rings. The highest BCUT2D eigenvalue weighted by atomic mass is 32.2. The molecule has 114 valence electrons. The van der Waals surface area contributed by atoms with Crippen molar-refractivity contribution >= 4 is 12.1 Å². The smallest absolute Gasteiger partial charge is 0.0891 e. The lowest BCUT2D eigenvalue weighted by Gasteiger charge is -2.35. The summed E-state index contributed by atoms with van der Waals surface area (Å²) in [6.45, 7) is 11.2. The van der Waals surface area contributed by atoms with E-state index in [0.717, 1.165) is 55.7 Å². The lowest BCUT2D eigenvalue weighted by Crippen LogP contribution is -2.34. The van der Waals surface area contributed by atoms with E-state index in [0.29, 0.717) is 0 Å². The Morgan fingerprint density at radius 2 is 2.00 bits per heavy atom. The van der Waals surface area contributed by atoms with E-state index >= 15 is 0 Å². The summed E-state index contributed by atoms with van der Waals surface area (Å²) in [7, 11) is 1.88. The first-order chi connectivity index (χ1) is 9.48. The fourth-order valence-electron chi connectivity index (χ4n) is 2.35. The summed E-state index contributed by atoms with van der Waals surface area (Å²) in [5.74, 6) is 0.720. The van der Waals surface area contributed by atoms with Gasteiger partial charge in [0.1, 0.15) is 0 Å². The molecular weight excluding hydrogens is 268 g/mol. The molecular formula is C16H28N2OS. The predicted octanol–water partition coefficient (Wildman–Crippen LogP) is 3.36. The summed E-state index contributed by atoms with van der Waals surface area (Å²) in [5.41, 5.74) is 1.16. The molecule has 0 aromatic carbocycles. The average Bonchev–Trinajstić information content (AvgIpc) is 2.44. The number of hydrogen-bond donors (Lipinski definition) is 3. The molecule has 1 fully saturated rings. The largest absolute Gasteiger partial charge is 0.385 e. The molecule has 0 heterocycles. The predicted molar refractivity (Wildman–Crippen MR) is 89.3 cm³/mol. The van der Waals surface area contributed by atoms with Crippen LogP contribution in [-0.2, 0) is 0 Å². The van der Waals surface area contributed by atoms with E-state index in [1.165, 1.54) is 12.1 Å². The number of rotatable bonds is 8. The summed E-state index contributed by atoms with van der Waals surface area (Å²) in [6.07, 6.45) is 8.60. The van der Waals surface area contributed by atoms with Crippen LogP contribution in [0, 0.1) is 5.92 Å². The van der Waals surface area contributed by atoms with E-state index in [-0.39, 0.29) is 0 Å². The highest BCUT2D eigenvalue weighted by molar-refractivity contribution is 7.95. The van der Waals surface area contributed by atoms with Crippen LogP contribution in [0.15, 0.2) is 36.5 Å². The topological polar surface area (TPSA) is 44.3 Å². The molecule has 4 heteroatoms. The molecule has 0 saturated heterocycles. The molecule has 1 aliphatic carbocycles. The second kappa shape index (κ2) is 8.67. The van der Waals surface area contributed by atoms with E-state index in [9.17, 15) is 5.11 Å². The van der Waals surface area contributed by atoms with Crippen LogP contribution in [0.25, 0.3) is 0 Å². The van der Waals surface area contributed by atoms with Crippen molar-refractivity contribution in [1.29, 1.82) is 0 Å². The van der Waals surface area contributed by atoms with Gasteiger partial charge < -0.3 is 5.11 Å². The monoisotopic (exact) mass is 296 g/mol. The summed E-state index contributed by atoms with van der Waals surface area (Å²) >= 11 is 1.47. The first-order valence-electron chi connectivity index (χ1n) is 7.31. The van der Waals surface area contributed by atoms with Crippen LogP contribution in [0.1, 0.15) is 39.0 Å². The number of nitrogens with one attached hydrogen (secondary N) is 2. The number of allylic oxidation sites excluding steroid dienone is 1. The molecule has 1 aliphatic rings. The summed E-state index contributed by atoms with van der Waals surface area (Å²) < 4.78 is 6.12. The molecule has 0 unspecified atom stereocenters. The Labute approximate surface area is 127 Å². The van der Waals surface area contributed by atoms with Crippen LogP contribution in [0.5, 0.6) is 0 Å². The minimum atomic E-state index is -0.705. The first-order valence-corrected chi connectivity index (χ1v) is 8.12. The highest BCUT2D eigenvalue weighted by Gasteiger charge is 2.33. The number of hydrogen-bond acceptors (Lipinski definition) is 4. The zero-order valence-electron chi connectivity index (χ0n) is 12.7. The van der Waals surface area contributed by atoms with Gasteiger partial charge in [-0.3, -0.25) is 9.44 Å². The fraction of sp³-hybridized carbons (Fsp3) is 0.625. The van der Waals surface area contributed by atoms with Gasteiger partial charge in [-0.25, -0.2) is 0 Å². The first kappa shape index (κ1) is 17.5. The van der Waals surface area contributed by atoms with Crippen molar-refractivity contribution in [2.45, 2.75) is 44.6 Å². The molecule has 3 N–H and O–H groups in total. The maximum absolute atomic E-state index is 10.6. The van der Waals surface area contributed by atoms with Crippen LogP contribution in [-0.4, -0.2) is 24.3 Å². The SMILES string of the molecule is C=C(/C=C\C(=C)C1(O)CCC(C)CC1)CCNSNC. The molecule has 0 spiro atoms. The van der Waals surface area contributed by atoms with Crippen molar-refractivity contribution in [1.82, 2.24) is 9.44 Å². The molecule has 20 heavy (non-hydrogen) atoms. The number of aliphatic hydroxyl groups is 1. The Bertz CT molecular complexity index is 357. The molecule has 0 aliphatic heterocycles. The van der Waals surface area contributed by atoms with Gasteiger partial charge in [0.2, 0.25) is 0 Å². The Morgan fingerprint density at radius 3 is 2.60 bits per heavy atom. The Hall–Kier alpha value is -0.550. The van der Waals surface area contributed by atoms with Crippen molar-refractivity contribution < 1.29 is 5.11 Å². The van der Waals surface area contributed by atoms with Gasteiger partial charge in [-0.05, 0) is 50.6 Å². The molecule has 0 aromatic heterocycles. The van der Waals surface area contributed by atoms with Gasteiger partial charge in [-0.1, -0.05) is 37.8 Å². The molecule has 1 rings (SSSR count). The quantitative estimate of drug-likeness (QED) is 0.365. The average molecular weight is 296 g/mol. The lowest BCUT2D eigenvalue weighted by molar-refractivity contribution is 0.0304. The van der Waals surface area contributed by atoms with Gasteiger partial charge in [0.25, 0.3) is 0 Å². The fourth-order valence-corrected chi connectivity index (χ4v) is 2.70. The molecule has 0 atom stereocenters. The molecule has 0 amide bonds. The summed E-state index contributed by atoms with van der Waals surface area (Å²) in [6, 6.07) is 0. The van der Waals surface area contributed by atoms with E-state index in [4.69, 9.17) is 0 Å². The van der Waals surface area contributed by atoms with Crippen molar-refractivity contribution in [2.24, 2.45) is 5.92 Å². The van der Waals surface area contributed by atoms with Gasteiger partial charge in [0.05, 0.1) is 5.60 Å². The summed E-state index contributed by atoms with van der Waals surface area (Å²) in [5, 5.41) is 10.6. The second-order valence-corrected chi connectivity index (χ2v) is 6.58. The standard InChI is InChI=1S/C16H28N2OS/c1-13(9-12-18-20-17-4)5-6-15(3)16(19)10-7-14(2)8-11-16/h5-6,14,17-19H,1,3,7-12H2,2,4H3/b6-5-. The van der Waals surface area contributed by atoms with Crippen molar-refractivity contribution in [2.75, 3.05) is 13.6 Å². The highest BCUT2D eigenvalue weighted by Crippen LogP contribution is 2.36. The zero-order chi connectivity index (χ0) is 15.0. The Morgan fingerprint density at radius 1 is 1.35 bits per heavy atom. The normalized spacial score (nSPS) is 26.9. The van der Waals surface area contributed by atoms with Gasteiger partial charge in [-0.15, -0.1) is 0 Å². The van der Waals surface area contributed by atoms with Gasteiger partial charge >= 0.3 is 0 Å². The van der Waals surface area contributed by atoms with E-state index in [1.807, 2.05) is 19.2 Å². The van der Waals surface area contributed by atoms with E-state index in [1.54, 1.807) is 0 Å². The van der Waals surface area contributed by atoms with Crippen LogP contribution < -0.4 is 9.44 Å². The lowest BCUT2D eigenvalue weighted by atomic mass is 9.76. The van der Waals surface area contributed by atoms with Gasteiger partial charge in [-0.2, -0.15) is 0 Å². The third-order valence-electron chi connectivity index (χ3n) is 3.94. The Balaban J connectivity index is 2.37. The third kappa shape index (κ3) is 5.83. The molecule has 3 nitrogen and oxygen atoms in total. The minimum absolute atomic E-state index is 0.705.